The van der Waals surface area contributed by atoms with Crippen LogP contribution in [0, 0.1) is 5.92 Å². The van der Waals surface area contributed by atoms with Crippen LogP contribution in [0.1, 0.15) is 18.4 Å². The molecule has 3 heterocycles. The number of carbonyl (C=O) groups excluding carboxylic acids is 1. The summed E-state index contributed by atoms with van der Waals surface area (Å²) in [7, 11) is 0. The van der Waals surface area contributed by atoms with Gasteiger partial charge in [-0.15, -0.1) is 0 Å². The van der Waals surface area contributed by atoms with E-state index in [-0.39, 0.29) is 11.8 Å². The highest BCUT2D eigenvalue weighted by atomic mass is 35.5. The Morgan fingerprint density at radius 1 is 1.14 bits per heavy atom. The number of aromatic nitrogens is 3. The molecule has 0 atom stereocenters. The lowest BCUT2D eigenvalue weighted by Gasteiger charge is -2.32. The molecule has 1 aromatic carbocycles. The number of para-hydroxylation sites is 1. The van der Waals surface area contributed by atoms with Crippen LogP contribution < -0.4 is 10.2 Å². The molecule has 28 heavy (non-hydrogen) atoms. The van der Waals surface area contributed by atoms with Crippen LogP contribution in [0.5, 0.6) is 0 Å². The van der Waals surface area contributed by atoms with Gasteiger partial charge < -0.3 is 10.2 Å². The molecule has 0 saturated carbocycles. The number of nitrogens with zero attached hydrogens (tertiary/aromatic N) is 4. The lowest BCUT2D eigenvalue weighted by molar-refractivity contribution is -0.125. The first-order valence-corrected chi connectivity index (χ1v) is 9.80. The SMILES string of the molecule is O=C(NCc1ccccc1-n1cccn1)C1CCN(c2ccc(Cl)cn2)CC1. The molecule has 4 rings (SSSR count). The maximum Gasteiger partial charge on any atom is 0.223 e. The van der Waals surface area contributed by atoms with Crippen LogP contribution in [-0.4, -0.2) is 33.8 Å². The van der Waals surface area contributed by atoms with Crippen molar-refractivity contribution >= 4 is 23.3 Å². The van der Waals surface area contributed by atoms with Gasteiger partial charge in [0.1, 0.15) is 5.82 Å². The van der Waals surface area contributed by atoms with Gasteiger partial charge in [0.25, 0.3) is 0 Å². The van der Waals surface area contributed by atoms with E-state index in [1.54, 1.807) is 12.4 Å². The van der Waals surface area contributed by atoms with E-state index in [1.165, 1.54) is 0 Å². The molecule has 0 radical (unpaired) electrons. The fourth-order valence-corrected chi connectivity index (χ4v) is 3.66. The number of pyridine rings is 1. The van der Waals surface area contributed by atoms with Crippen LogP contribution in [-0.2, 0) is 11.3 Å². The summed E-state index contributed by atoms with van der Waals surface area (Å²) >= 11 is 5.90. The van der Waals surface area contributed by atoms with Gasteiger partial charge in [0.2, 0.25) is 5.91 Å². The average Bonchev–Trinajstić information content (AvgIpc) is 3.28. The van der Waals surface area contributed by atoms with Gasteiger partial charge in [0.05, 0.1) is 10.7 Å². The molecule has 0 spiro atoms. The summed E-state index contributed by atoms with van der Waals surface area (Å²) in [6.45, 7) is 2.13. The summed E-state index contributed by atoms with van der Waals surface area (Å²) in [6.07, 6.45) is 6.94. The van der Waals surface area contributed by atoms with Gasteiger partial charge in [-0.25, -0.2) is 9.67 Å². The largest absolute Gasteiger partial charge is 0.357 e. The van der Waals surface area contributed by atoms with E-state index in [2.05, 4.69) is 20.3 Å². The number of rotatable bonds is 5. The molecule has 1 aliphatic heterocycles. The number of benzene rings is 1. The van der Waals surface area contributed by atoms with Gasteiger partial charge in [0.15, 0.2) is 0 Å². The third-order valence-corrected chi connectivity index (χ3v) is 5.32. The number of piperidine rings is 1. The topological polar surface area (TPSA) is 63.1 Å². The van der Waals surface area contributed by atoms with Crippen molar-refractivity contribution in [3.8, 4) is 5.69 Å². The third kappa shape index (κ3) is 4.17. The lowest BCUT2D eigenvalue weighted by Crippen LogP contribution is -2.40. The number of carbonyl (C=O) groups is 1. The summed E-state index contributed by atoms with van der Waals surface area (Å²) in [5.74, 6) is 1.05. The van der Waals surface area contributed by atoms with Crippen molar-refractivity contribution in [1.82, 2.24) is 20.1 Å². The van der Waals surface area contributed by atoms with Gasteiger partial charge in [-0.1, -0.05) is 29.8 Å². The number of hydrogen-bond acceptors (Lipinski definition) is 4. The quantitative estimate of drug-likeness (QED) is 0.718. The number of hydrogen-bond donors (Lipinski definition) is 1. The van der Waals surface area contributed by atoms with E-state index in [4.69, 9.17) is 11.6 Å². The van der Waals surface area contributed by atoms with Gasteiger partial charge >= 0.3 is 0 Å². The zero-order chi connectivity index (χ0) is 19.3. The van der Waals surface area contributed by atoms with Crippen molar-refractivity contribution in [2.45, 2.75) is 19.4 Å². The minimum absolute atomic E-state index is 0.0282. The first kappa shape index (κ1) is 18.5. The Morgan fingerprint density at radius 2 is 1.96 bits per heavy atom. The fraction of sp³-hybridized carbons (Fsp3) is 0.286. The molecule has 144 valence electrons. The molecule has 1 saturated heterocycles. The predicted molar refractivity (Wildman–Crippen MR) is 110 cm³/mol. The monoisotopic (exact) mass is 395 g/mol. The summed E-state index contributed by atoms with van der Waals surface area (Å²) in [4.78, 5) is 19.2. The Morgan fingerprint density at radius 3 is 2.68 bits per heavy atom. The second kappa shape index (κ2) is 8.44. The fourth-order valence-electron chi connectivity index (χ4n) is 3.55. The average molecular weight is 396 g/mol. The number of nitrogens with one attached hydrogen (secondary N) is 1. The Kier molecular flexibility index (Phi) is 5.58. The standard InChI is InChI=1S/C21H22ClN5O/c22-18-6-7-20(23-15-18)26-12-8-16(9-13-26)21(28)24-14-17-4-1-2-5-19(17)27-11-3-10-25-27/h1-7,10-11,15-16H,8-9,12-14H2,(H,24,28). The van der Waals surface area contributed by atoms with Gasteiger partial charge in [-0.2, -0.15) is 5.10 Å². The van der Waals surface area contributed by atoms with E-state index in [1.807, 2.05) is 53.3 Å². The first-order valence-electron chi connectivity index (χ1n) is 9.43. The highest BCUT2D eigenvalue weighted by Crippen LogP contribution is 2.23. The zero-order valence-corrected chi connectivity index (χ0v) is 16.2. The zero-order valence-electron chi connectivity index (χ0n) is 15.5. The summed E-state index contributed by atoms with van der Waals surface area (Å²) in [5, 5.41) is 8.03. The molecular weight excluding hydrogens is 374 g/mol. The lowest BCUT2D eigenvalue weighted by atomic mass is 9.95. The first-order chi connectivity index (χ1) is 13.7. The van der Waals surface area contributed by atoms with Crippen molar-refractivity contribution in [2.24, 2.45) is 5.92 Å². The van der Waals surface area contributed by atoms with Crippen LogP contribution in [0.4, 0.5) is 5.82 Å². The number of anilines is 1. The minimum atomic E-state index is 0.0282. The molecule has 3 aromatic rings. The molecule has 7 heteroatoms. The molecule has 0 bridgehead atoms. The third-order valence-electron chi connectivity index (χ3n) is 5.10. The minimum Gasteiger partial charge on any atom is -0.357 e. The van der Waals surface area contributed by atoms with Crippen LogP contribution in [0.3, 0.4) is 0 Å². The van der Waals surface area contributed by atoms with E-state index >= 15 is 0 Å². The van der Waals surface area contributed by atoms with Crippen molar-refractivity contribution in [3.05, 3.63) is 71.6 Å². The maximum atomic E-state index is 12.7. The number of amides is 1. The molecule has 1 aliphatic rings. The molecular formula is C21H22ClN5O. The molecule has 1 fully saturated rings. The Hall–Kier alpha value is -2.86. The van der Waals surface area contributed by atoms with Crippen LogP contribution >= 0.6 is 11.6 Å². The Bertz CT molecular complexity index is 918. The smallest absolute Gasteiger partial charge is 0.223 e. The summed E-state index contributed by atoms with van der Waals surface area (Å²) in [6, 6.07) is 13.6. The van der Waals surface area contributed by atoms with E-state index < -0.39 is 0 Å². The molecule has 6 nitrogen and oxygen atoms in total. The molecule has 1 amide bonds. The molecule has 0 aliphatic carbocycles. The van der Waals surface area contributed by atoms with Crippen molar-refractivity contribution in [1.29, 1.82) is 0 Å². The van der Waals surface area contributed by atoms with E-state index in [0.29, 0.717) is 11.6 Å². The van der Waals surface area contributed by atoms with E-state index in [0.717, 1.165) is 43.0 Å². The van der Waals surface area contributed by atoms with Crippen molar-refractivity contribution in [2.75, 3.05) is 18.0 Å². The molecule has 0 unspecified atom stereocenters. The van der Waals surface area contributed by atoms with Gasteiger partial charge in [0, 0.05) is 44.1 Å². The van der Waals surface area contributed by atoms with Crippen LogP contribution in [0.15, 0.2) is 61.1 Å². The van der Waals surface area contributed by atoms with Crippen LogP contribution in [0.2, 0.25) is 5.02 Å². The predicted octanol–water partition coefficient (Wildman–Crippen LogP) is 3.45. The van der Waals surface area contributed by atoms with Crippen LogP contribution in [0.25, 0.3) is 5.69 Å². The second-order valence-corrected chi connectivity index (χ2v) is 7.33. The Labute approximate surface area is 169 Å². The van der Waals surface area contributed by atoms with Crippen molar-refractivity contribution < 1.29 is 4.79 Å². The second-order valence-electron chi connectivity index (χ2n) is 6.89. The summed E-state index contributed by atoms with van der Waals surface area (Å²) < 4.78 is 1.82. The Balaban J connectivity index is 1.33. The normalized spacial score (nSPS) is 14.8. The maximum absolute atomic E-state index is 12.7. The molecule has 2 aromatic heterocycles. The highest BCUT2D eigenvalue weighted by Gasteiger charge is 2.25. The van der Waals surface area contributed by atoms with Gasteiger partial charge in [-0.3, -0.25) is 4.79 Å². The van der Waals surface area contributed by atoms with Crippen molar-refractivity contribution in [3.63, 3.8) is 0 Å². The molecule has 1 N–H and O–H groups in total. The summed E-state index contributed by atoms with van der Waals surface area (Å²) in [5.41, 5.74) is 2.03. The number of halogens is 1. The van der Waals surface area contributed by atoms with Gasteiger partial charge in [-0.05, 0) is 42.7 Å². The highest BCUT2D eigenvalue weighted by molar-refractivity contribution is 6.30. The van der Waals surface area contributed by atoms with E-state index in [9.17, 15) is 4.79 Å².